The van der Waals surface area contributed by atoms with E-state index in [4.69, 9.17) is 0 Å². The van der Waals surface area contributed by atoms with Gasteiger partial charge in [-0.2, -0.15) is 0 Å². The van der Waals surface area contributed by atoms with Gasteiger partial charge in [0.15, 0.2) is 0 Å². The van der Waals surface area contributed by atoms with Crippen molar-refractivity contribution in [3.63, 3.8) is 0 Å². The summed E-state index contributed by atoms with van der Waals surface area (Å²) in [7, 11) is 0. The summed E-state index contributed by atoms with van der Waals surface area (Å²) in [5, 5.41) is 6.55. The molecule has 1 saturated heterocycles. The second-order valence-corrected chi connectivity index (χ2v) is 5.52. The third-order valence-corrected chi connectivity index (χ3v) is 4.22. The van der Waals surface area contributed by atoms with Crippen LogP contribution in [-0.2, 0) is 0 Å². The topological polar surface area (TPSA) is 32.3 Å². The normalized spacial score (nSPS) is 16.8. The van der Waals surface area contributed by atoms with Crippen LogP contribution in [0.15, 0.2) is 29.6 Å². The van der Waals surface area contributed by atoms with E-state index < -0.39 is 0 Å². The first-order valence-electron chi connectivity index (χ1n) is 6.32. The summed E-state index contributed by atoms with van der Waals surface area (Å²) < 4.78 is 1.24. The second-order valence-electron chi connectivity index (χ2n) is 4.57. The van der Waals surface area contributed by atoms with E-state index in [-0.39, 0.29) is 5.91 Å². The van der Waals surface area contributed by atoms with Crippen LogP contribution in [-0.4, -0.2) is 37.0 Å². The molecule has 1 aliphatic heterocycles. The number of hydrogen-bond acceptors (Lipinski definition) is 3. The van der Waals surface area contributed by atoms with E-state index in [0.29, 0.717) is 0 Å². The molecule has 1 aromatic carbocycles. The van der Waals surface area contributed by atoms with Crippen LogP contribution < -0.4 is 5.32 Å². The standard InChI is InChI=1S/C14H16N2OS/c17-14(16-7-1-5-15-6-8-16)12-2-3-13-11(10-12)4-9-18-13/h2-4,9-10,15H,1,5-8H2. The van der Waals surface area contributed by atoms with Crippen LogP contribution in [0.1, 0.15) is 16.8 Å². The first-order valence-corrected chi connectivity index (χ1v) is 7.20. The average molecular weight is 260 g/mol. The molecule has 94 valence electrons. The number of hydrogen-bond donors (Lipinski definition) is 1. The predicted octanol–water partition coefficient (Wildman–Crippen LogP) is 2.34. The molecule has 1 aliphatic rings. The maximum atomic E-state index is 12.4. The minimum Gasteiger partial charge on any atom is -0.337 e. The molecule has 0 radical (unpaired) electrons. The zero-order valence-corrected chi connectivity index (χ0v) is 11.0. The van der Waals surface area contributed by atoms with Crippen molar-refractivity contribution in [2.24, 2.45) is 0 Å². The maximum Gasteiger partial charge on any atom is 0.253 e. The van der Waals surface area contributed by atoms with Crippen molar-refractivity contribution in [2.75, 3.05) is 26.2 Å². The first-order chi connectivity index (χ1) is 8.84. The quantitative estimate of drug-likeness (QED) is 0.853. The van der Waals surface area contributed by atoms with Crippen molar-refractivity contribution in [2.45, 2.75) is 6.42 Å². The fourth-order valence-electron chi connectivity index (χ4n) is 2.33. The Morgan fingerprint density at radius 1 is 1.22 bits per heavy atom. The van der Waals surface area contributed by atoms with Gasteiger partial charge in [-0.05, 0) is 48.0 Å². The largest absolute Gasteiger partial charge is 0.337 e. The summed E-state index contributed by atoms with van der Waals surface area (Å²) in [5.41, 5.74) is 0.808. The number of carbonyl (C=O) groups excluding carboxylic acids is 1. The third-order valence-electron chi connectivity index (χ3n) is 3.33. The Labute approximate surface area is 110 Å². The number of fused-ring (bicyclic) bond motifs is 1. The highest BCUT2D eigenvalue weighted by atomic mass is 32.1. The molecule has 1 aromatic heterocycles. The highest BCUT2D eigenvalue weighted by Gasteiger charge is 2.17. The number of amides is 1. The lowest BCUT2D eigenvalue weighted by Gasteiger charge is -2.19. The fourth-order valence-corrected chi connectivity index (χ4v) is 3.10. The lowest BCUT2D eigenvalue weighted by molar-refractivity contribution is 0.0766. The Morgan fingerprint density at radius 3 is 3.11 bits per heavy atom. The highest BCUT2D eigenvalue weighted by molar-refractivity contribution is 7.17. The van der Waals surface area contributed by atoms with Gasteiger partial charge in [-0.15, -0.1) is 11.3 Å². The molecule has 0 aliphatic carbocycles. The molecular formula is C14H16N2OS. The van der Waals surface area contributed by atoms with Gasteiger partial charge in [-0.25, -0.2) is 0 Å². The molecule has 2 aromatic rings. The zero-order chi connectivity index (χ0) is 12.4. The molecule has 1 amide bonds. The first kappa shape index (κ1) is 11.7. The molecule has 3 rings (SSSR count). The van der Waals surface area contributed by atoms with Crippen LogP contribution in [0.5, 0.6) is 0 Å². The van der Waals surface area contributed by atoms with Gasteiger partial charge in [0.2, 0.25) is 0 Å². The Bertz CT molecular complexity index is 556. The summed E-state index contributed by atoms with van der Waals surface area (Å²) >= 11 is 1.71. The van der Waals surface area contributed by atoms with E-state index >= 15 is 0 Å². The summed E-state index contributed by atoms with van der Waals surface area (Å²) in [6.07, 6.45) is 1.03. The van der Waals surface area contributed by atoms with Crippen LogP contribution in [0.25, 0.3) is 10.1 Å². The number of thiophene rings is 1. The van der Waals surface area contributed by atoms with Gasteiger partial charge in [0.05, 0.1) is 0 Å². The minimum absolute atomic E-state index is 0.159. The van der Waals surface area contributed by atoms with Crippen LogP contribution in [0.3, 0.4) is 0 Å². The number of nitrogens with zero attached hydrogens (tertiary/aromatic N) is 1. The molecule has 3 nitrogen and oxygen atoms in total. The maximum absolute atomic E-state index is 12.4. The van der Waals surface area contributed by atoms with E-state index in [1.807, 2.05) is 23.1 Å². The van der Waals surface area contributed by atoms with Crippen molar-refractivity contribution >= 4 is 27.3 Å². The smallest absolute Gasteiger partial charge is 0.253 e. The van der Waals surface area contributed by atoms with Crippen molar-refractivity contribution in [1.82, 2.24) is 10.2 Å². The summed E-state index contributed by atoms with van der Waals surface area (Å²) in [6, 6.07) is 8.07. The molecule has 4 heteroatoms. The van der Waals surface area contributed by atoms with Crippen LogP contribution in [0.4, 0.5) is 0 Å². The molecule has 0 spiro atoms. The van der Waals surface area contributed by atoms with Gasteiger partial charge >= 0.3 is 0 Å². The molecule has 18 heavy (non-hydrogen) atoms. The van der Waals surface area contributed by atoms with Gasteiger partial charge in [0, 0.05) is 29.9 Å². The van der Waals surface area contributed by atoms with E-state index in [9.17, 15) is 4.79 Å². The molecule has 1 fully saturated rings. The number of nitrogens with one attached hydrogen (secondary N) is 1. The molecule has 0 atom stereocenters. The molecule has 2 heterocycles. The van der Waals surface area contributed by atoms with E-state index in [2.05, 4.69) is 16.8 Å². The van der Waals surface area contributed by atoms with Gasteiger partial charge < -0.3 is 10.2 Å². The Hall–Kier alpha value is -1.39. The number of benzene rings is 1. The average Bonchev–Trinajstić information content (AvgIpc) is 2.69. The molecule has 0 bridgehead atoms. The number of rotatable bonds is 1. The fraction of sp³-hybridized carbons (Fsp3) is 0.357. The monoisotopic (exact) mass is 260 g/mol. The van der Waals surface area contributed by atoms with Gasteiger partial charge in [0.1, 0.15) is 0 Å². The Kier molecular flexibility index (Phi) is 3.30. The van der Waals surface area contributed by atoms with Crippen LogP contribution >= 0.6 is 11.3 Å². The molecule has 1 N–H and O–H groups in total. The molecule has 0 saturated carbocycles. The number of carbonyl (C=O) groups is 1. The molecular weight excluding hydrogens is 244 g/mol. The lowest BCUT2D eigenvalue weighted by Crippen LogP contribution is -2.34. The summed E-state index contributed by atoms with van der Waals surface area (Å²) in [6.45, 7) is 3.56. The highest BCUT2D eigenvalue weighted by Crippen LogP contribution is 2.22. The van der Waals surface area contributed by atoms with Gasteiger partial charge in [-0.1, -0.05) is 0 Å². The van der Waals surface area contributed by atoms with Gasteiger partial charge in [0.25, 0.3) is 5.91 Å². The van der Waals surface area contributed by atoms with Crippen molar-refractivity contribution < 1.29 is 4.79 Å². The predicted molar refractivity (Wildman–Crippen MR) is 75.2 cm³/mol. The molecule has 0 unspecified atom stereocenters. The third kappa shape index (κ3) is 2.26. The van der Waals surface area contributed by atoms with Crippen molar-refractivity contribution in [3.05, 3.63) is 35.2 Å². The SMILES string of the molecule is O=C(c1ccc2sccc2c1)N1CCCNCC1. The summed E-state index contributed by atoms with van der Waals surface area (Å²) in [4.78, 5) is 14.4. The second kappa shape index (κ2) is 5.08. The van der Waals surface area contributed by atoms with Crippen LogP contribution in [0.2, 0.25) is 0 Å². The van der Waals surface area contributed by atoms with Crippen molar-refractivity contribution in [3.8, 4) is 0 Å². The van der Waals surface area contributed by atoms with E-state index in [1.54, 1.807) is 11.3 Å². The zero-order valence-electron chi connectivity index (χ0n) is 10.2. The Balaban J connectivity index is 1.85. The van der Waals surface area contributed by atoms with Crippen molar-refractivity contribution in [1.29, 1.82) is 0 Å². The lowest BCUT2D eigenvalue weighted by atomic mass is 10.1. The summed E-state index contributed by atoms with van der Waals surface area (Å²) in [5.74, 6) is 0.159. The van der Waals surface area contributed by atoms with E-state index in [1.165, 1.54) is 10.1 Å². The Morgan fingerprint density at radius 2 is 2.17 bits per heavy atom. The van der Waals surface area contributed by atoms with Crippen LogP contribution in [0, 0.1) is 0 Å². The minimum atomic E-state index is 0.159. The van der Waals surface area contributed by atoms with Gasteiger partial charge in [-0.3, -0.25) is 4.79 Å². The van der Waals surface area contributed by atoms with E-state index in [0.717, 1.165) is 38.2 Å².